The number of rotatable bonds is 1. The summed E-state index contributed by atoms with van der Waals surface area (Å²) >= 11 is 0. The average molecular weight is 198 g/mol. The number of hydrogen-bond donors (Lipinski definition) is 1. The van der Waals surface area contributed by atoms with Crippen molar-refractivity contribution in [2.45, 2.75) is 19.4 Å². The first-order valence-corrected chi connectivity index (χ1v) is 5.39. The predicted octanol–water partition coefficient (Wildman–Crippen LogP) is -0.157. The molecule has 2 heterocycles. The molecular weight excluding hydrogens is 180 g/mol. The van der Waals surface area contributed by atoms with E-state index in [1.807, 2.05) is 4.90 Å². The van der Waals surface area contributed by atoms with Crippen molar-refractivity contribution >= 4 is 5.91 Å². The van der Waals surface area contributed by atoms with Gasteiger partial charge in [0.25, 0.3) is 0 Å². The Labute approximate surface area is 84.6 Å². The minimum absolute atomic E-state index is 0.188. The van der Waals surface area contributed by atoms with Gasteiger partial charge in [0, 0.05) is 19.1 Å². The largest absolute Gasteiger partial charge is 0.378 e. The number of nitrogens with one attached hydrogen (secondary N) is 1. The molecule has 1 amide bonds. The van der Waals surface area contributed by atoms with Crippen molar-refractivity contribution in [3.63, 3.8) is 0 Å². The molecule has 4 heteroatoms. The summed E-state index contributed by atoms with van der Waals surface area (Å²) in [7, 11) is 0. The molecule has 2 saturated heterocycles. The first-order valence-electron chi connectivity index (χ1n) is 5.39. The summed E-state index contributed by atoms with van der Waals surface area (Å²) in [4.78, 5) is 14.0. The second-order valence-electron chi connectivity index (χ2n) is 4.08. The predicted molar refractivity (Wildman–Crippen MR) is 53.0 cm³/mol. The zero-order valence-electron chi connectivity index (χ0n) is 8.66. The fourth-order valence-corrected chi connectivity index (χ4v) is 2.21. The maximum Gasteiger partial charge on any atom is 0.227 e. The normalized spacial score (nSPS) is 33.4. The van der Waals surface area contributed by atoms with Crippen LogP contribution in [0, 0.1) is 5.92 Å². The topological polar surface area (TPSA) is 41.6 Å². The Balaban J connectivity index is 1.92. The van der Waals surface area contributed by atoms with E-state index in [0.29, 0.717) is 25.2 Å². The summed E-state index contributed by atoms with van der Waals surface area (Å²) in [6.07, 6.45) is 0.983. The van der Waals surface area contributed by atoms with E-state index < -0.39 is 0 Å². The maximum atomic E-state index is 12.0. The number of amides is 1. The highest BCUT2D eigenvalue weighted by atomic mass is 16.5. The summed E-state index contributed by atoms with van der Waals surface area (Å²) in [6.45, 7) is 5.99. The lowest BCUT2D eigenvalue weighted by Gasteiger charge is -2.30. The van der Waals surface area contributed by atoms with Crippen LogP contribution in [0.2, 0.25) is 0 Å². The quantitative estimate of drug-likeness (QED) is 0.637. The molecule has 0 spiro atoms. The zero-order chi connectivity index (χ0) is 9.97. The average Bonchev–Trinajstić information content (AvgIpc) is 2.65. The van der Waals surface area contributed by atoms with Crippen LogP contribution >= 0.6 is 0 Å². The van der Waals surface area contributed by atoms with Gasteiger partial charge in [0.2, 0.25) is 5.91 Å². The molecule has 2 aliphatic heterocycles. The Bertz CT molecular complexity index is 214. The minimum atomic E-state index is 0.188. The Kier molecular flexibility index (Phi) is 3.03. The fourth-order valence-electron chi connectivity index (χ4n) is 2.21. The van der Waals surface area contributed by atoms with Crippen molar-refractivity contribution in [1.29, 1.82) is 0 Å². The summed E-state index contributed by atoms with van der Waals surface area (Å²) < 4.78 is 5.23. The van der Waals surface area contributed by atoms with Crippen LogP contribution in [0.15, 0.2) is 0 Å². The summed E-state index contributed by atoms with van der Waals surface area (Å²) in [6, 6.07) is 0.338. The van der Waals surface area contributed by atoms with E-state index in [2.05, 4.69) is 12.2 Å². The number of carbonyl (C=O) groups is 1. The first-order chi connectivity index (χ1) is 6.79. The molecule has 80 valence electrons. The Morgan fingerprint density at radius 3 is 2.71 bits per heavy atom. The maximum absolute atomic E-state index is 12.0. The van der Waals surface area contributed by atoms with Gasteiger partial charge in [-0.3, -0.25) is 4.79 Å². The van der Waals surface area contributed by atoms with E-state index in [1.54, 1.807) is 0 Å². The molecule has 0 bridgehead atoms. The van der Waals surface area contributed by atoms with Crippen LogP contribution in [0.4, 0.5) is 0 Å². The highest BCUT2D eigenvalue weighted by Crippen LogP contribution is 2.18. The van der Waals surface area contributed by atoms with Crippen LogP contribution in [0.3, 0.4) is 0 Å². The van der Waals surface area contributed by atoms with Crippen LogP contribution in [-0.2, 0) is 9.53 Å². The van der Waals surface area contributed by atoms with Gasteiger partial charge >= 0.3 is 0 Å². The van der Waals surface area contributed by atoms with E-state index >= 15 is 0 Å². The number of nitrogens with zero attached hydrogens (tertiary/aromatic N) is 1. The molecule has 0 radical (unpaired) electrons. The monoisotopic (exact) mass is 198 g/mol. The van der Waals surface area contributed by atoms with Crippen molar-refractivity contribution in [1.82, 2.24) is 10.2 Å². The highest BCUT2D eigenvalue weighted by molar-refractivity contribution is 5.80. The Morgan fingerprint density at radius 2 is 2.14 bits per heavy atom. The summed E-state index contributed by atoms with van der Waals surface area (Å²) in [5.41, 5.74) is 0. The van der Waals surface area contributed by atoms with Gasteiger partial charge in [0.15, 0.2) is 0 Å². The van der Waals surface area contributed by atoms with Gasteiger partial charge in [0.05, 0.1) is 19.1 Å². The lowest BCUT2D eigenvalue weighted by Crippen LogP contribution is -2.45. The van der Waals surface area contributed by atoms with Gasteiger partial charge in [-0.05, 0) is 19.9 Å². The lowest BCUT2D eigenvalue weighted by molar-refractivity contribution is -0.139. The van der Waals surface area contributed by atoms with Gasteiger partial charge in [-0.2, -0.15) is 0 Å². The SMILES string of the molecule is CC1NCCC1C(=O)N1CCOCC1. The van der Waals surface area contributed by atoms with E-state index in [0.717, 1.165) is 26.1 Å². The second kappa shape index (κ2) is 4.28. The molecule has 4 nitrogen and oxygen atoms in total. The number of carbonyl (C=O) groups excluding carboxylic acids is 1. The number of hydrogen-bond acceptors (Lipinski definition) is 3. The molecule has 2 unspecified atom stereocenters. The van der Waals surface area contributed by atoms with Crippen molar-refractivity contribution in [3.05, 3.63) is 0 Å². The molecule has 1 N–H and O–H groups in total. The lowest BCUT2D eigenvalue weighted by atomic mass is 10.0. The molecule has 2 fully saturated rings. The minimum Gasteiger partial charge on any atom is -0.378 e. The summed E-state index contributed by atoms with van der Waals surface area (Å²) in [5, 5.41) is 3.31. The highest BCUT2D eigenvalue weighted by Gasteiger charge is 2.32. The molecule has 0 saturated carbocycles. The van der Waals surface area contributed by atoms with Crippen molar-refractivity contribution < 1.29 is 9.53 Å². The second-order valence-corrected chi connectivity index (χ2v) is 4.08. The fraction of sp³-hybridized carbons (Fsp3) is 0.900. The molecule has 2 aliphatic rings. The van der Waals surface area contributed by atoms with Crippen LogP contribution < -0.4 is 5.32 Å². The molecule has 2 atom stereocenters. The van der Waals surface area contributed by atoms with Gasteiger partial charge in [-0.15, -0.1) is 0 Å². The van der Waals surface area contributed by atoms with Crippen LogP contribution in [-0.4, -0.2) is 49.7 Å². The smallest absolute Gasteiger partial charge is 0.227 e. The van der Waals surface area contributed by atoms with E-state index in [-0.39, 0.29) is 5.92 Å². The zero-order valence-corrected chi connectivity index (χ0v) is 8.66. The van der Waals surface area contributed by atoms with E-state index in [4.69, 9.17) is 4.74 Å². The third-order valence-electron chi connectivity index (χ3n) is 3.17. The molecule has 0 aromatic heterocycles. The number of ether oxygens (including phenoxy) is 1. The third kappa shape index (κ3) is 1.91. The summed E-state index contributed by atoms with van der Waals surface area (Å²) in [5.74, 6) is 0.499. The van der Waals surface area contributed by atoms with Crippen LogP contribution in [0.1, 0.15) is 13.3 Å². The van der Waals surface area contributed by atoms with Gasteiger partial charge < -0.3 is 15.0 Å². The van der Waals surface area contributed by atoms with E-state index in [1.165, 1.54) is 0 Å². The molecule has 14 heavy (non-hydrogen) atoms. The van der Waals surface area contributed by atoms with Crippen molar-refractivity contribution in [2.24, 2.45) is 5.92 Å². The molecule has 0 aromatic carbocycles. The number of morpholine rings is 1. The third-order valence-corrected chi connectivity index (χ3v) is 3.17. The van der Waals surface area contributed by atoms with Crippen LogP contribution in [0.5, 0.6) is 0 Å². The Morgan fingerprint density at radius 1 is 1.43 bits per heavy atom. The first kappa shape index (κ1) is 9.93. The molecule has 0 aliphatic carbocycles. The van der Waals surface area contributed by atoms with Gasteiger partial charge in [-0.1, -0.05) is 0 Å². The van der Waals surface area contributed by atoms with Crippen molar-refractivity contribution in [2.75, 3.05) is 32.8 Å². The molecular formula is C10H18N2O2. The van der Waals surface area contributed by atoms with E-state index in [9.17, 15) is 4.79 Å². The Hall–Kier alpha value is -0.610. The molecule has 0 aromatic rings. The molecule has 2 rings (SSSR count). The van der Waals surface area contributed by atoms with Gasteiger partial charge in [0.1, 0.15) is 0 Å². The van der Waals surface area contributed by atoms with Gasteiger partial charge in [-0.25, -0.2) is 0 Å². The van der Waals surface area contributed by atoms with Crippen molar-refractivity contribution in [3.8, 4) is 0 Å². The van der Waals surface area contributed by atoms with Crippen LogP contribution in [0.25, 0.3) is 0 Å². The standard InChI is InChI=1S/C10H18N2O2/c1-8-9(2-3-11-8)10(13)12-4-6-14-7-5-12/h8-9,11H,2-7H2,1H3.